The summed E-state index contributed by atoms with van der Waals surface area (Å²) in [5, 5.41) is 2.57. The van der Waals surface area contributed by atoms with Gasteiger partial charge in [0.15, 0.2) is 17.2 Å². The lowest BCUT2D eigenvalue weighted by molar-refractivity contribution is -0.151. The quantitative estimate of drug-likeness (QED) is 0.452. The molecule has 1 aromatic heterocycles. The van der Waals surface area contributed by atoms with E-state index in [4.69, 9.17) is 18.9 Å². The highest BCUT2D eigenvalue weighted by molar-refractivity contribution is 5.98. The molecule has 1 heterocycles. The van der Waals surface area contributed by atoms with Gasteiger partial charge in [-0.05, 0) is 26.2 Å². The number of hydrogen-bond donors (Lipinski definition) is 1. The molecule has 2 rings (SSSR count). The molecule has 1 unspecified atom stereocenters. The van der Waals surface area contributed by atoms with Crippen molar-refractivity contribution in [2.45, 2.75) is 65.0 Å². The molecule has 0 aliphatic heterocycles. The molecular formula is C21H30N2O7. The molecule has 1 aliphatic rings. The maximum Gasteiger partial charge on any atom is 0.328 e. The molecule has 1 aromatic rings. The molecule has 1 saturated carbocycles. The average molecular weight is 422 g/mol. The van der Waals surface area contributed by atoms with Crippen LogP contribution < -0.4 is 14.8 Å². The molecule has 1 fully saturated rings. The van der Waals surface area contributed by atoms with Crippen molar-refractivity contribution in [3.8, 4) is 11.5 Å². The Balaban J connectivity index is 1.97. The number of methoxy groups -OCH3 is 1. The molecule has 1 aliphatic carbocycles. The lowest BCUT2D eigenvalue weighted by atomic mass is 10.0. The summed E-state index contributed by atoms with van der Waals surface area (Å²) in [5.74, 6) is -0.849. The van der Waals surface area contributed by atoms with Crippen LogP contribution in [0.4, 0.5) is 0 Å². The van der Waals surface area contributed by atoms with E-state index in [1.54, 1.807) is 6.92 Å². The highest BCUT2D eigenvalue weighted by atomic mass is 16.7. The summed E-state index contributed by atoms with van der Waals surface area (Å²) in [6, 6.07) is 0.625. The molecule has 9 heteroatoms. The van der Waals surface area contributed by atoms with Crippen molar-refractivity contribution in [1.82, 2.24) is 10.3 Å². The van der Waals surface area contributed by atoms with Crippen molar-refractivity contribution >= 4 is 17.8 Å². The van der Waals surface area contributed by atoms with E-state index >= 15 is 0 Å². The number of aromatic nitrogens is 1. The second kappa shape index (κ2) is 11.4. The van der Waals surface area contributed by atoms with Crippen LogP contribution in [0, 0.1) is 5.92 Å². The standard InChI is InChI=1S/C21H30N2O7/c1-13(11-16-7-5-6-8-16)30-21(26)14(2)23-20(25)18-19(29-12-28-15(3)24)17(27-4)9-10-22-18/h9-10,13-14,16H,5-8,11-12H2,1-4H3,(H,23,25)/t13?,14-/m0/s1. The van der Waals surface area contributed by atoms with E-state index in [0.717, 1.165) is 6.42 Å². The molecule has 0 bridgehead atoms. The van der Waals surface area contributed by atoms with Crippen LogP contribution in [0.15, 0.2) is 12.3 Å². The molecule has 1 N–H and O–H groups in total. The van der Waals surface area contributed by atoms with E-state index in [2.05, 4.69) is 10.3 Å². The van der Waals surface area contributed by atoms with Crippen LogP contribution in [0.25, 0.3) is 0 Å². The molecule has 2 atom stereocenters. The van der Waals surface area contributed by atoms with Crippen LogP contribution in [0.2, 0.25) is 0 Å². The first-order chi connectivity index (χ1) is 14.3. The number of pyridine rings is 1. The highest BCUT2D eigenvalue weighted by Crippen LogP contribution is 2.30. The summed E-state index contributed by atoms with van der Waals surface area (Å²) >= 11 is 0. The maximum absolute atomic E-state index is 12.7. The van der Waals surface area contributed by atoms with Gasteiger partial charge < -0.3 is 24.3 Å². The maximum atomic E-state index is 12.7. The molecule has 0 aromatic carbocycles. The van der Waals surface area contributed by atoms with Gasteiger partial charge in [-0.1, -0.05) is 25.7 Å². The predicted octanol–water partition coefficient (Wildman–Crippen LogP) is 2.62. The molecular weight excluding hydrogens is 392 g/mol. The van der Waals surface area contributed by atoms with E-state index < -0.39 is 30.7 Å². The summed E-state index contributed by atoms with van der Waals surface area (Å²) in [7, 11) is 1.40. The Kier molecular flexibility index (Phi) is 8.89. The van der Waals surface area contributed by atoms with Gasteiger partial charge in [-0.3, -0.25) is 9.59 Å². The van der Waals surface area contributed by atoms with Gasteiger partial charge in [0.25, 0.3) is 5.91 Å². The van der Waals surface area contributed by atoms with E-state index in [9.17, 15) is 14.4 Å². The molecule has 1 amide bonds. The molecule has 0 spiro atoms. The number of ether oxygens (including phenoxy) is 4. The zero-order valence-corrected chi connectivity index (χ0v) is 17.9. The van der Waals surface area contributed by atoms with Gasteiger partial charge in [0.2, 0.25) is 6.79 Å². The third-order valence-corrected chi connectivity index (χ3v) is 4.93. The Morgan fingerprint density at radius 3 is 2.57 bits per heavy atom. The number of hydrogen-bond acceptors (Lipinski definition) is 8. The van der Waals surface area contributed by atoms with Crippen molar-refractivity contribution < 1.29 is 33.3 Å². The first-order valence-electron chi connectivity index (χ1n) is 10.1. The molecule has 30 heavy (non-hydrogen) atoms. The van der Waals surface area contributed by atoms with Crippen molar-refractivity contribution in [2.24, 2.45) is 5.92 Å². The van der Waals surface area contributed by atoms with E-state index in [-0.39, 0.29) is 23.3 Å². The zero-order valence-electron chi connectivity index (χ0n) is 17.9. The number of amides is 1. The van der Waals surface area contributed by atoms with Crippen LogP contribution in [0.5, 0.6) is 11.5 Å². The van der Waals surface area contributed by atoms with Crippen molar-refractivity contribution in [3.05, 3.63) is 18.0 Å². The third-order valence-electron chi connectivity index (χ3n) is 4.93. The first kappa shape index (κ1) is 23.4. The minimum Gasteiger partial charge on any atom is -0.493 e. The van der Waals surface area contributed by atoms with Crippen molar-refractivity contribution in [1.29, 1.82) is 0 Å². The number of carbonyl (C=O) groups is 3. The fourth-order valence-corrected chi connectivity index (χ4v) is 3.45. The monoisotopic (exact) mass is 422 g/mol. The number of carbonyl (C=O) groups excluding carboxylic acids is 3. The van der Waals surface area contributed by atoms with Crippen LogP contribution in [0.3, 0.4) is 0 Å². The lowest BCUT2D eigenvalue weighted by Crippen LogP contribution is -2.41. The Bertz CT molecular complexity index is 747. The van der Waals surface area contributed by atoms with E-state index in [1.165, 1.54) is 52.0 Å². The van der Waals surface area contributed by atoms with E-state index in [0.29, 0.717) is 5.92 Å². The van der Waals surface area contributed by atoms with Crippen LogP contribution in [-0.2, 0) is 19.1 Å². The largest absolute Gasteiger partial charge is 0.493 e. The van der Waals surface area contributed by atoms with Crippen LogP contribution in [0.1, 0.15) is 63.4 Å². The third kappa shape index (κ3) is 6.89. The first-order valence-corrected chi connectivity index (χ1v) is 10.1. The summed E-state index contributed by atoms with van der Waals surface area (Å²) < 4.78 is 20.8. The Morgan fingerprint density at radius 2 is 1.93 bits per heavy atom. The van der Waals surface area contributed by atoms with Crippen molar-refractivity contribution in [2.75, 3.05) is 13.9 Å². The minimum absolute atomic E-state index is 0.00826. The van der Waals surface area contributed by atoms with Gasteiger partial charge >= 0.3 is 11.9 Å². The number of esters is 2. The SMILES string of the molecule is COc1ccnc(C(=O)N[C@@H](C)C(=O)OC(C)CC2CCCC2)c1OCOC(C)=O. The molecule has 0 radical (unpaired) electrons. The second-order valence-electron chi connectivity index (χ2n) is 7.42. The number of rotatable bonds is 10. The van der Waals surface area contributed by atoms with Crippen molar-refractivity contribution in [3.63, 3.8) is 0 Å². The average Bonchev–Trinajstić information content (AvgIpc) is 3.20. The van der Waals surface area contributed by atoms with Gasteiger partial charge in [0.05, 0.1) is 13.2 Å². The van der Waals surface area contributed by atoms with Gasteiger partial charge in [-0.15, -0.1) is 0 Å². The fraction of sp³-hybridized carbons (Fsp3) is 0.619. The zero-order chi connectivity index (χ0) is 22.1. The Labute approximate surface area is 176 Å². The Morgan fingerprint density at radius 1 is 1.23 bits per heavy atom. The highest BCUT2D eigenvalue weighted by Gasteiger charge is 2.26. The second-order valence-corrected chi connectivity index (χ2v) is 7.42. The normalized spacial score (nSPS) is 15.7. The Hall–Kier alpha value is -2.84. The summed E-state index contributed by atoms with van der Waals surface area (Å²) in [6.45, 7) is 4.24. The van der Waals surface area contributed by atoms with Crippen LogP contribution >= 0.6 is 0 Å². The smallest absolute Gasteiger partial charge is 0.328 e. The van der Waals surface area contributed by atoms with E-state index in [1.807, 2.05) is 6.92 Å². The summed E-state index contributed by atoms with van der Waals surface area (Å²) in [6.07, 6.45) is 6.80. The summed E-state index contributed by atoms with van der Waals surface area (Å²) in [4.78, 5) is 40.0. The number of nitrogens with zero attached hydrogens (tertiary/aromatic N) is 1. The topological polar surface area (TPSA) is 113 Å². The van der Waals surface area contributed by atoms with Gasteiger partial charge in [-0.2, -0.15) is 0 Å². The molecule has 9 nitrogen and oxygen atoms in total. The van der Waals surface area contributed by atoms with Gasteiger partial charge in [0.1, 0.15) is 6.04 Å². The molecule has 0 saturated heterocycles. The van der Waals surface area contributed by atoms with Gasteiger partial charge in [-0.25, -0.2) is 9.78 Å². The van der Waals surface area contributed by atoms with Gasteiger partial charge in [0, 0.05) is 19.2 Å². The lowest BCUT2D eigenvalue weighted by Gasteiger charge is -2.20. The predicted molar refractivity (Wildman–Crippen MR) is 107 cm³/mol. The number of nitrogens with one attached hydrogen (secondary N) is 1. The molecule has 166 valence electrons. The summed E-state index contributed by atoms with van der Waals surface area (Å²) in [5.41, 5.74) is -0.0971. The minimum atomic E-state index is -0.877. The fourth-order valence-electron chi connectivity index (χ4n) is 3.45. The van der Waals surface area contributed by atoms with Crippen LogP contribution in [-0.4, -0.2) is 48.9 Å².